The van der Waals surface area contributed by atoms with Gasteiger partial charge in [-0.2, -0.15) is 0 Å². The third kappa shape index (κ3) is 1.54. The zero-order valence-electron chi connectivity index (χ0n) is 4.42. The Morgan fingerprint density at radius 1 is 1.88 bits per heavy atom. The normalized spacial score (nSPS) is 31.4. The summed E-state index contributed by atoms with van der Waals surface area (Å²) in [4.78, 5) is 0. The Balaban J connectivity index is 2.09. The van der Waals surface area contributed by atoms with E-state index in [1.54, 1.807) is 0 Å². The van der Waals surface area contributed by atoms with Gasteiger partial charge in [0.1, 0.15) is 0 Å². The lowest BCUT2D eigenvalue weighted by molar-refractivity contribution is 0.395. The molecule has 0 aliphatic carbocycles. The molecule has 1 aliphatic heterocycles. The summed E-state index contributed by atoms with van der Waals surface area (Å²) in [6.45, 7) is 0.974. The van der Waals surface area contributed by atoms with Crippen LogP contribution in [0.5, 0.6) is 0 Å². The fourth-order valence-electron chi connectivity index (χ4n) is 0.655. The second-order valence-electron chi connectivity index (χ2n) is 1.91. The van der Waals surface area contributed by atoms with Crippen LogP contribution < -0.4 is 5.32 Å². The van der Waals surface area contributed by atoms with Gasteiger partial charge in [-0.05, 0) is 13.0 Å². The van der Waals surface area contributed by atoms with Crippen molar-refractivity contribution < 1.29 is 8.76 Å². The zero-order valence-corrected chi connectivity index (χ0v) is 5.24. The molecule has 1 aliphatic rings. The molecule has 0 amide bonds. The lowest BCUT2D eigenvalue weighted by atomic mass is 10.1. The number of rotatable bonds is 2. The maximum Gasteiger partial charge on any atom is 0.0256 e. The van der Waals surface area contributed by atoms with E-state index in [0.29, 0.717) is 0 Å². The van der Waals surface area contributed by atoms with Crippen molar-refractivity contribution in [2.24, 2.45) is 0 Å². The van der Waals surface area contributed by atoms with Gasteiger partial charge in [-0.15, -0.1) is 0 Å². The Kier molecular flexibility index (Phi) is 1.99. The van der Waals surface area contributed by atoms with Crippen LogP contribution in [0.3, 0.4) is 0 Å². The summed E-state index contributed by atoms with van der Waals surface area (Å²) in [5, 5.41) is 2.98. The smallest absolute Gasteiger partial charge is 0.0256 e. The quantitative estimate of drug-likeness (QED) is 0.504. The summed E-state index contributed by atoms with van der Waals surface area (Å²) in [7, 11) is 0. The SMILES string of the molecule is O=S([O-])CC1CCN1. The molecule has 1 heterocycles. The van der Waals surface area contributed by atoms with Crippen LogP contribution in [0.2, 0.25) is 0 Å². The van der Waals surface area contributed by atoms with E-state index in [2.05, 4.69) is 5.32 Å². The Morgan fingerprint density at radius 2 is 2.50 bits per heavy atom. The Morgan fingerprint density at radius 3 is 2.62 bits per heavy atom. The topological polar surface area (TPSA) is 52.2 Å². The van der Waals surface area contributed by atoms with Crippen LogP contribution in [-0.2, 0) is 11.1 Å². The van der Waals surface area contributed by atoms with Crippen LogP contribution in [0.25, 0.3) is 0 Å². The summed E-state index contributed by atoms with van der Waals surface area (Å²) in [6, 6.07) is 0.244. The Bertz CT molecular complexity index is 102. The molecular formula is C4H8NO2S-. The van der Waals surface area contributed by atoms with Gasteiger partial charge in [0.15, 0.2) is 0 Å². The maximum absolute atomic E-state index is 9.96. The molecule has 0 radical (unpaired) electrons. The van der Waals surface area contributed by atoms with Crippen LogP contribution in [-0.4, -0.2) is 27.1 Å². The highest BCUT2D eigenvalue weighted by molar-refractivity contribution is 7.79. The predicted molar refractivity (Wildman–Crippen MR) is 30.2 cm³/mol. The second kappa shape index (κ2) is 2.57. The molecule has 1 rings (SSSR count). The van der Waals surface area contributed by atoms with Gasteiger partial charge in [0, 0.05) is 11.8 Å². The van der Waals surface area contributed by atoms with E-state index < -0.39 is 11.1 Å². The summed E-state index contributed by atoms with van der Waals surface area (Å²) in [5.74, 6) is 0.278. The molecule has 0 spiro atoms. The van der Waals surface area contributed by atoms with Crippen molar-refractivity contribution >= 4 is 11.1 Å². The predicted octanol–water partition coefficient (Wildman–Crippen LogP) is -0.773. The van der Waals surface area contributed by atoms with Crippen molar-refractivity contribution in [3.05, 3.63) is 0 Å². The first-order valence-corrected chi connectivity index (χ1v) is 3.82. The van der Waals surface area contributed by atoms with Crippen molar-refractivity contribution in [3.63, 3.8) is 0 Å². The number of hydrogen-bond acceptors (Lipinski definition) is 3. The molecule has 1 saturated heterocycles. The van der Waals surface area contributed by atoms with Crippen LogP contribution in [0.15, 0.2) is 0 Å². The van der Waals surface area contributed by atoms with Crippen LogP contribution in [0.1, 0.15) is 6.42 Å². The average Bonchev–Trinajstić information content (AvgIpc) is 1.55. The first kappa shape index (κ1) is 6.19. The minimum absolute atomic E-state index is 0.244. The van der Waals surface area contributed by atoms with E-state index in [-0.39, 0.29) is 11.8 Å². The van der Waals surface area contributed by atoms with Gasteiger partial charge in [0.25, 0.3) is 0 Å². The maximum atomic E-state index is 9.96. The molecule has 0 aromatic carbocycles. The van der Waals surface area contributed by atoms with Crippen LogP contribution >= 0.6 is 0 Å². The molecule has 0 saturated carbocycles. The van der Waals surface area contributed by atoms with Crippen LogP contribution in [0, 0.1) is 0 Å². The molecule has 2 unspecified atom stereocenters. The molecule has 8 heavy (non-hydrogen) atoms. The van der Waals surface area contributed by atoms with Gasteiger partial charge in [0.2, 0.25) is 0 Å². The van der Waals surface area contributed by atoms with Gasteiger partial charge in [0.05, 0.1) is 0 Å². The number of hydrogen-bond donors (Lipinski definition) is 1. The van der Waals surface area contributed by atoms with E-state index in [1.807, 2.05) is 0 Å². The monoisotopic (exact) mass is 134 g/mol. The molecular weight excluding hydrogens is 126 g/mol. The molecule has 3 nitrogen and oxygen atoms in total. The first-order chi connectivity index (χ1) is 3.79. The van der Waals surface area contributed by atoms with Crippen molar-refractivity contribution in [3.8, 4) is 0 Å². The molecule has 0 bridgehead atoms. The first-order valence-electron chi connectivity index (χ1n) is 2.58. The van der Waals surface area contributed by atoms with Gasteiger partial charge in [-0.3, -0.25) is 4.21 Å². The van der Waals surface area contributed by atoms with E-state index >= 15 is 0 Å². The fourth-order valence-corrected chi connectivity index (χ4v) is 1.27. The minimum atomic E-state index is -1.86. The molecule has 0 aromatic heterocycles. The summed E-state index contributed by atoms with van der Waals surface area (Å²) < 4.78 is 19.9. The lowest BCUT2D eigenvalue weighted by Gasteiger charge is -2.27. The van der Waals surface area contributed by atoms with Crippen molar-refractivity contribution in [1.82, 2.24) is 5.32 Å². The average molecular weight is 134 g/mol. The van der Waals surface area contributed by atoms with E-state index in [9.17, 15) is 8.76 Å². The molecule has 48 valence electrons. The molecule has 4 heteroatoms. The second-order valence-corrected chi connectivity index (χ2v) is 2.85. The van der Waals surface area contributed by atoms with Crippen molar-refractivity contribution in [2.45, 2.75) is 12.5 Å². The number of nitrogens with one attached hydrogen (secondary N) is 1. The van der Waals surface area contributed by atoms with Gasteiger partial charge < -0.3 is 9.87 Å². The summed E-state index contributed by atoms with van der Waals surface area (Å²) in [6.07, 6.45) is 1.01. The van der Waals surface area contributed by atoms with Crippen molar-refractivity contribution in [1.29, 1.82) is 0 Å². The van der Waals surface area contributed by atoms with Crippen LogP contribution in [0.4, 0.5) is 0 Å². The summed E-state index contributed by atoms with van der Waals surface area (Å²) in [5.41, 5.74) is 0. The molecule has 1 N–H and O–H groups in total. The van der Waals surface area contributed by atoms with Crippen molar-refractivity contribution in [2.75, 3.05) is 12.3 Å². The third-order valence-electron chi connectivity index (χ3n) is 1.26. The zero-order chi connectivity index (χ0) is 5.98. The fraction of sp³-hybridized carbons (Fsp3) is 1.00. The highest BCUT2D eigenvalue weighted by Gasteiger charge is 2.15. The van der Waals surface area contributed by atoms with Gasteiger partial charge in [-0.1, -0.05) is 11.1 Å². The van der Waals surface area contributed by atoms with E-state index in [1.165, 1.54) is 0 Å². The highest BCUT2D eigenvalue weighted by atomic mass is 32.2. The Labute approximate surface area is 50.8 Å². The third-order valence-corrected chi connectivity index (χ3v) is 1.94. The molecule has 2 atom stereocenters. The van der Waals surface area contributed by atoms with E-state index in [4.69, 9.17) is 0 Å². The van der Waals surface area contributed by atoms with Gasteiger partial charge >= 0.3 is 0 Å². The largest absolute Gasteiger partial charge is 0.772 e. The van der Waals surface area contributed by atoms with E-state index in [0.717, 1.165) is 13.0 Å². The van der Waals surface area contributed by atoms with Gasteiger partial charge in [-0.25, -0.2) is 0 Å². The molecule has 0 aromatic rings. The minimum Gasteiger partial charge on any atom is -0.772 e. The standard InChI is InChI=1S/C4H9NO2S/c6-8(7)3-4-1-2-5-4/h4-5H,1-3H2,(H,6,7)/p-1. The molecule has 1 fully saturated rings. The lowest BCUT2D eigenvalue weighted by Crippen LogP contribution is -2.46. The Hall–Kier alpha value is 0.0700. The highest BCUT2D eigenvalue weighted by Crippen LogP contribution is 2.01. The summed E-state index contributed by atoms with van der Waals surface area (Å²) >= 11 is -1.86.